The fourth-order valence-corrected chi connectivity index (χ4v) is 1.95. The number of hydrogen-bond acceptors (Lipinski definition) is 3. The van der Waals surface area contributed by atoms with E-state index in [2.05, 4.69) is 25.9 Å². The van der Waals surface area contributed by atoms with Gasteiger partial charge in [0.25, 0.3) is 0 Å². The monoisotopic (exact) mass is 335 g/mol. The van der Waals surface area contributed by atoms with Crippen molar-refractivity contribution in [2.45, 2.75) is 0 Å². The molecular formula is C10H5BrCl2FN3. The number of nitrogen functional groups attached to an aromatic ring is 1. The first-order chi connectivity index (χ1) is 8.02. The Morgan fingerprint density at radius 2 is 1.88 bits per heavy atom. The van der Waals surface area contributed by atoms with Crippen molar-refractivity contribution in [3.63, 3.8) is 0 Å². The molecule has 0 spiro atoms. The first-order valence-corrected chi connectivity index (χ1v) is 5.97. The minimum absolute atomic E-state index is 0.0317. The summed E-state index contributed by atoms with van der Waals surface area (Å²) in [6, 6.07) is 3.12. The quantitative estimate of drug-likeness (QED) is 0.802. The van der Waals surface area contributed by atoms with Crippen molar-refractivity contribution in [3.8, 4) is 11.3 Å². The highest BCUT2D eigenvalue weighted by atomic mass is 79.9. The van der Waals surface area contributed by atoms with Crippen molar-refractivity contribution in [2.75, 3.05) is 5.73 Å². The molecular weight excluding hydrogens is 332 g/mol. The number of nitrogens with two attached hydrogens (primary N) is 1. The van der Waals surface area contributed by atoms with Crippen molar-refractivity contribution in [1.29, 1.82) is 0 Å². The number of nitrogens with zero attached hydrogens (tertiary/aromatic N) is 2. The van der Waals surface area contributed by atoms with Gasteiger partial charge in [0.1, 0.15) is 17.2 Å². The SMILES string of the molecule is Nc1ncnc(-c2ccc(Br)c(Cl)c2F)c1Cl. The summed E-state index contributed by atoms with van der Waals surface area (Å²) in [6.45, 7) is 0. The van der Waals surface area contributed by atoms with Crippen molar-refractivity contribution < 1.29 is 4.39 Å². The maximum Gasteiger partial charge on any atom is 0.152 e. The summed E-state index contributed by atoms with van der Waals surface area (Å²) in [5, 5.41) is 0.0699. The van der Waals surface area contributed by atoms with E-state index in [1.54, 1.807) is 6.07 Å². The average molecular weight is 337 g/mol. The van der Waals surface area contributed by atoms with Crippen LogP contribution in [0.2, 0.25) is 10.0 Å². The topological polar surface area (TPSA) is 51.8 Å². The summed E-state index contributed by atoms with van der Waals surface area (Å²) in [5.74, 6) is -0.517. The molecule has 0 fully saturated rings. The second-order valence-corrected chi connectivity index (χ2v) is 4.75. The molecule has 2 N–H and O–H groups in total. The molecule has 0 aliphatic heterocycles. The van der Waals surface area contributed by atoms with Gasteiger partial charge < -0.3 is 5.73 Å². The fourth-order valence-electron chi connectivity index (χ4n) is 1.28. The van der Waals surface area contributed by atoms with Gasteiger partial charge in [-0.05, 0) is 28.1 Å². The Morgan fingerprint density at radius 3 is 2.59 bits per heavy atom. The van der Waals surface area contributed by atoms with Crippen LogP contribution in [0.3, 0.4) is 0 Å². The Balaban J connectivity index is 2.69. The number of rotatable bonds is 1. The zero-order valence-corrected chi connectivity index (χ0v) is 11.3. The lowest BCUT2D eigenvalue weighted by atomic mass is 10.1. The number of hydrogen-bond donors (Lipinski definition) is 1. The summed E-state index contributed by atoms with van der Waals surface area (Å²) in [4.78, 5) is 7.61. The van der Waals surface area contributed by atoms with Gasteiger partial charge in [-0.2, -0.15) is 0 Å². The second kappa shape index (κ2) is 4.76. The molecule has 0 bridgehead atoms. The fraction of sp³-hybridized carbons (Fsp3) is 0. The predicted octanol–water partition coefficient (Wildman–Crippen LogP) is 3.93. The van der Waals surface area contributed by atoms with E-state index in [0.717, 1.165) is 0 Å². The maximum atomic E-state index is 13.9. The highest BCUT2D eigenvalue weighted by Gasteiger charge is 2.16. The van der Waals surface area contributed by atoms with Gasteiger partial charge in [0, 0.05) is 10.0 Å². The van der Waals surface area contributed by atoms with Gasteiger partial charge in [0.15, 0.2) is 5.82 Å². The second-order valence-electron chi connectivity index (χ2n) is 3.14. The van der Waals surface area contributed by atoms with E-state index < -0.39 is 5.82 Å². The normalized spacial score (nSPS) is 10.6. The Hall–Kier alpha value is -0.910. The van der Waals surface area contributed by atoms with Crippen molar-refractivity contribution >= 4 is 44.9 Å². The molecule has 7 heteroatoms. The number of benzene rings is 1. The van der Waals surface area contributed by atoms with Crippen LogP contribution in [0.1, 0.15) is 0 Å². The van der Waals surface area contributed by atoms with Crippen LogP contribution in [-0.4, -0.2) is 9.97 Å². The standard InChI is InChI=1S/C10H5BrCl2FN3/c11-5-2-1-4(8(14)6(5)12)9-7(13)10(15)17-3-16-9/h1-3H,(H2,15,16,17). The maximum absolute atomic E-state index is 13.9. The van der Waals surface area contributed by atoms with Crippen LogP contribution >= 0.6 is 39.1 Å². The zero-order valence-electron chi connectivity index (χ0n) is 8.22. The van der Waals surface area contributed by atoms with Crippen LogP contribution < -0.4 is 5.73 Å². The molecule has 0 saturated carbocycles. The minimum atomic E-state index is -0.610. The van der Waals surface area contributed by atoms with E-state index in [0.29, 0.717) is 4.47 Å². The van der Waals surface area contributed by atoms with Crippen LogP contribution in [0.4, 0.5) is 10.2 Å². The van der Waals surface area contributed by atoms with Crippen LogP contribution in [0, 0.1) is 5.82 Å². The molecule has 2 rings (SSSR count). The van der Waals surface area contributed by atoms with E-state index >= 15 is 0 Å². The molecule has 1 aromatic carbocycles. The van der Waals surface area contributed by atoms with Crippen molar-refractivity contribution in [1.82, 2.24) is 9.97 Å². The van der Waals surface area contributed by atoms with Gasteiger partial charge in [-0.15, -0.1) is 0 Å². The Bertz CT molecular complexity index is 592. The minimum Gasteiger partial charge on any atom is -0.382 e. The third kappa shape index (κ3) is 2.22. The van der Waals surface area contributed by atoms with E-state index in [4.69, 9.17) is 28.9 Å². The average Bonchev–Trinajstić information content (AvgIpc) is 2.31. The van der Waals surface area contributed by atoms with Crippen LogP contribution in [0.5, 0.6) is 0 Å². The lowest BCUT2D eigenvalue weighted by Gasteiger charge is -2.07. The van der Waals surface area contributed by atoms with Gasteiger partial charge >= 0.3 is 0 Å². The third-order valence-electron chi connectivity index (χ3n) is 2.11. The van der Waals surface area contributed by atoms with E-state index in [9.17, 15) is 4.39 Å². The molecule has 0 saturated heterocycles. The van der Waals surface area contributed by atoms with Crippen molar-refractivity contribution in [3.05, 3.63) is 38.8 Å². The summed E-state index contributed by atoms with van der Waals surface area (Å²) in [7, 11) is 0. The molecule has 1 heterocycles. The molecule has 0 aliphatic rings. The molecule has 1 aromatic heterocycles. The molecule has 0 unspecified atom stereocenters. The highest BCUT2D eigenvalue weighted by Crippen LogP contribution is 2.35. The van der Waals surface area contributed by atoms with Crippen molar-refractivity contribution in [2.24, 2.45) is 0 Å². The lowest BCUT2D eigenvalue weighted by molar-refractivity contribution is 0.630. The summed E-state index contributed by atoms with van der Waals surface area (Å²) in [5.41, 5.74) is 5.92. The van der Waals surface area contributed by atoms with Gasteiger partial charge in [-0.25, -0.2) is 14.4 Å². The van der Waals surface area contributed by atoms with E-state index in [1.807, 2.05) is 0 Å². The Kier molecular flexibility index (Phi) is 3.51. The van der Waals surface area contributed by atoms with Crippen LogP contribution in [0.15, 0.2) is 22.9 Å². The summed E-state index contributed by atoms with van der Waals surface area (Å²) < 4.78 is 14.4. The van der Waals surface area contributed by atoms with Gasteiger partial charge in [0.05, 0.1) is 10.7 Å². The van der Waals surface area contributed by atoms with E-state index in [-0.39, 0.29) is 27.1 Å². The van der Waals surface area contributed by atoms with Crippen LogP contribution in [-0.2, 0) is 0 Å². The zero-order chi connectivity index (χ0) is 12.6. The van der Waals surface area contributed by atoms with Crippen LogP contribution in [0.25, 0.3) is 11.3 Å². The Morgan fingerprint density at radius 1 is 1.18 bits per heavy atom. The highest BCUT2D eigenvalue weighted by molar-refractivity contribution is 9.10. The molecule has 17 heavy (non-hydrogen) atoms. The predicted molar refractivity (Wildman–Crippen MR) is 69.6 cm³/mol. The van der Waals surface area contributed by atoms with Gasteiger partial charge in [-0.3, -0.25) is 0 Å². The number of anilines is 1. The largest absolute Gasteiger partial charge is 0.382 e. The van der Waals surface area contributed by atoms with Gasteiger partial charge in [0.2, 0.25) is 0 Å². The number of aromatic nitrogens is 2. The molecule has 0 amide bonds. The van der Waals surface area contributed by atoms with Gasteiger partial charge in [-0.1, -0.05) is 23.2 Å². The summed E-state index contributed by atoms with van der Waals surface area (Å²) >= 11 is 14.8. The smallest absolute Gasteiger partial charge is 0.152 e. The molecule has 3 nitrogen and oxygen atoms in total. The number of halogens is 4. The lowest BCUT2D eigenvalue weighted by Crippen LogP contribution is -1.97. The molecule has 0 atom stereocenters. The first kappa shape index (κ1) is 12.5. The molecule has 88 valence electrons. The Labute approximate surface area is 115 Å². The molecule has 0 radical (unpaired) electrons. The molecule has 0 aliphatic carbocycles. The first-order valence-electron chi connectivity index (χ1n) is 4.42. The molecule has 2 aromatic rings. The summed E-state index contributed by atoms with van der Waals surface area (Å²) in [6.07, 6.45) is 1.21. The van der Waals surface area contributed by atoms with E-state index in [1.165, 1.54) is 12.4 Å². The third-order valence-corrected chi connectivity index (χ3v) is 3.74.